The van der Waals surface area contributed by atoms with Gasteiger partial charge in [-0.15, -0.1) is 0 Å². The van der Waals surface area contributed by atoms with E-state index in [4.69, 9.17) is 0 Å². The number of halogens is 2. The molecule has 1 aromatic carbocycles. The molecule has 3 nitrogen and oxygen atoms in total. The average Bonchev–Trinajstić information content (AvgIpc) is 2.26. The monoisotopic (exact) mass is 348 g/mol. The number of hydrogen-bond donors (Lipinski definition) is 0. The van der Waals surface area contributed by atoms with Crippen LogP contribution in [0, 0.1) is 0 Å². The molecule has 0 aliphatic rings. The fourth-order valence-corrected chi connectivity index (χ4v) is 2.02. The second kappa shape index (κ2) is 5.59. The summed E-state index contributed by atoms with van der Waals surface area (Å²) >= 11 is 6.52. The maximum Gasteiger partial charge on any atom is 0.338 e. The Balaban J connectivity index is 3.27. The SMILES string of the molecule is COC(=O)c1cc(Br)ccc1C(Br)C(C)=O. The van der Waals surface area contributed by atoms with E-state index in [1.807, 2.05) is 0 Å². The minimum atomic E-state index is -0.491. The molecule has 86 valence electrons. The van der Waals surface area contributed by atoms with Gasteiger partial charge in [-0.1, -0.05) is 37.9 Å². The Morgan fingerprint density at radius 3 is 2.50 bits per heavy atom. The van der Waals surface area contributed by atoms with Gasteiger partial charge in [0.2, 0.25) is 0 Å². The third kappa shape index (κ3) is 2.92. The zero-order chi connectivity index (χ0) is 12.3. The molecule has 0 aromatic heterocycles. The number of rotatable bonds is 3. The van der Waals surface area contributed by atoms with E-state index in [1.54, 1.807) is 18.2 Å². The fraction of sp³-hybridized carbons (Fsp3) is 0.273. The van der Waals surface area contributed by atoms with Gasteiger partial charge < -0.3 is 4.74 Å². The van der Waals surface area contributed by atoms with Crippen molar-refractivity contribution in [3.63, 3.8) is 0 Å². The van der Waals surface area contributed by atoms with Crippen LogP contribution in [0.25, 0.3) is 0 Å². The van der Waals surface area contributed by atoms with E-state index in [1.165, 1.54) is 14.0 Å². The van der Waals surface area contributed by atoms with Crippen molar-refractivity contribution in [1.82, 2.24) is 0 Å². The van der Waals surface area contributed by atoms with Gasteiger partial charge in [-0.3, -0.25) is 4.79 Å². The molecule has 0 amide bonds. The molecule has 0 spiro atoms. The largest absolute Gasteiger partial charge is 0.465 e. The lowest BCUT2D eigenvalue weighted by Crippen LogP contribution is -2.10. The van der Waals surface area contributed by atoms with Crippen LogP contribution in [0.5, 0.6) is 0 Å². The van der Waals surface area contributed by atoms with Gasteiger partial charge in [0.05, 0.1) is 17.5 Å². The summed E-state index contributed by atoms with van der Waals surface area (Å²) in [6, 6.07) is 5.13. The zero-order valence-corrected chi connectivity index (χ0v) is 12.0. The van der Waals surface area contributed by atoms with E-state index in [2.05, 4.69) is 36.6 Å². The first-order chi connectivity index (χ1) is 7.47. The fourth-order valence-electron chi connectivity index (χ4n) is 1.26. The Hall–Kier alpha value is -0.680. The Kier molecular flexibility index (Phi) is 4.68. The van der Waals surface area contributed by atoms with Crippen LogP contribution in [0.2, 0.25) is 0 Å². The molecule has 1 unspecified atom stereocenters. The highest BCUT2D eigenvalue weighted by Crippen LogP contribution is 2.29. The minimum absolute atomic E-state index is 0.0625. The lowest BCUT2D eigenvalue weighted by molar-refractivity contribution is -0.116. The predicted octanol–water partition coefficient (Wildman–Crippen LogP) is 3.26. The molecule has 0 aliphatic carbocycles. The van der Waals surface area contributed by atoms with E-state index in [9.17, 15) is 9.59 Å². The Bertz CT molecular complexity index is 429. The number of esters is 1. The van der Waals surface area contributed by atoms with Crippen LogP contribution in [-0.4, -0.2) is 18.9 Å². The molecule has 5 heteroatoms. The summed E-state index contributed by atoms with van der Waals surface area (Å²) in [6.07, 6.45) is 0. The summed E-state index contributed by atoms with van der Waals surface area (Å²) in [6.45, 7) is 1.46. The number of hydrogen-bond acceptors (Lipinski definition) is 3. The molecular weight excluding hydrogens is 340 g/mol. The summed E-state index contributed by atoms with van der Waals surface area (Å²) in [5.41, 5.74) is 0.997. The minimum Gasteiger partial charge on any atom is -0.465 e. The standard InChI is InChI=1S/C11H10Br2O3/c1-6(14)10(13)8-4-3-7(12)5-9(8)11(15)16-2/h3-5,10H,1-2H3. The van der Waals surface area contributed by atoms with Gasteiger partial charge >= 0.3 is 5.97 Å². The normalized spacial score (nSPS) is 12.0. The van der Waals surface area contributed by atoms with E-state index in [0.717, 1.165) is 4.47 Å². The number of carbonyl (C=O) groups is 2. The van der Waals surface area contributed by atoms with Crippen LogP contribution < -0.4 is 0 Å². The van der Waals surface area contributed by atoms with Crippen molar-refractivity contribution < 1.29 is 14.3 Å². The lowest BCUT2D eigenvalue weighted by atomic mass is 10.0. The highest BCUT2D eigenvalue weighted by atomic mass is 79.9. The predicted molar refractivity (Wildman–Crippen MR) is 67.8 cm³/mol. The molecule has 1 rings (SSSR count). The van der Waals surface area contributed by atoms with Crippen LogP contribution in [-0.2, 0) is 9.53 Å². The molecule has 0 radical (unpaired) electrons. The summed E-state index contributed by atoms with van der Waals surface area (Å²) in [5.74, 6) is -0.519. The maximum atomic E-state index is 11.5. The van der Waals surface area contributed by atoms with Crippen LogP contribution >= 0.6 is 31.9 Å². The molecule has 1 atom stereocenters. The molecule has 0 heterocycles. The first kappa shape index (κ1) is 13.4. The highest BCUT2D eigenvalue weighted by molar-refractivity contribution is 9.10. The van der Waals surface area contributed by atoms with Gasteiger partial charge in [-0.2, -0.15) is 0 Å². The van der Waals surface area contributed by atoms with Crippen molar-refractivity contribution in [2.45, 2.75) is 11.8 Å². The Morgan fingerprint density at radius 1 is 1.38 bits per heavy atom. The van der Waals surface area contributed by atoms with Gasteiger partial charge in [-0.25, -0.2) is 4.79 Å². The van der Waals surface area contributed by atoms with Crippen LogP contribution in [0.15, 0.2) is 22.7 Å². The van der Waals surface area contributed by atoms with Crippen molar-refractivity contribution >= 4 is 43.6 Å². The van der Waals surface area contributed by atoms with Crippen molar-refractivity contribution in [2.24, 2.45) is 0 Å². The van der Waals surface area contributed by atoms with Gasteiger partial charge in [0.25, 0.3) is 0 Å². The second-order valence-corrected chi connectivity index (χ2v) is 5.03. The number of methoxy groups -OCH3 is 1. The zero-order valence-electron chi connectivity index (χ0n) is 8.79. The number of ketones is 1. The van der Waals surface area contributed by atoms with Crippen molar-refractivity contribution in [3.05, 3.63) is 33.8 Å². The van der Waals surface area contributed by atoms with Gasteiger partial charge in [0.1, 0.15) is 5.78 Å². The third-order valence-corrected chi connectivity index (χ3v) is 3.68. The van der Waals surface area contributed by atoms with E-state index in [0.29, 0.717) is 11.1 Å². The quantitative estimate of drug-likeness (QED) is 0.621. The number of ether oxygens (including phenoxy) is 1. The molecular formula is C11H10Br2O3. The molecule has 16 heavy (non-hydrogen) atoms. The van der Waals surface area contributed by atoms with Crippen molar-refractivity contribution in [1.29, 1.82) is 0 Å². The van der Waals surface area contributed by atoms with Crippen LogP contribution in [0.3, 0.4) is 0 Å². The maximum absolute atomic E-state index is 11.5. The summed E-state index contributed by atoms with van der Waals surface area (Å²) in [5, 5.41) is 0. The van der Waals surface area contributed by atoms with Crippen LogP contribution in [0.1, 0.15) is 27.7 Å². The molecule has 0 aliphatic heterocycles. The molecule has 0 fully saturated rings. The van der Waals surface area contributed by atoms with Gasteiger partial charge in [0.15, 0.2) is 0 Å². The summed E-state index contributed by atoms with van der Waals surface area (Å²) in [7, 11) is 1.31. The molecule has 0 saturated heterocycles. The average molecular weight is 350 g/mol. The summed E-state index contributed by atoms with van der Waals surface area (Å²) in [4.78, 5) is 22.3. The molecule has 0 bridgehead atoms. The topological polar surface area (TPSA) is 43.4 Å². The molecule has 1 aromatic rings. The molecule has 0 saturated carbocycles. The number of alkyl halides is 1. The van der Waals surface area contributed by atoms with E-state index >= 15 is 0 Å². The van der Waals surface area contributed by atoms with Crippen molar-refractivity contribution in [2.75, 3.05) is 7.11 Å². The number of benzene rings is 1. The Labute approximate surface area is 110 Å². The number of Topliss-reactive ketones (excluding diaryl/α,β-unsaturated/α-hetero) is 1. The third-order valence-electron chi connectivity index (χ3n) is 2.05. The van der Waals surface area contributed by atoms with Crippen LogP contribution in [0.4, 0.5) is 0 Å². The highest BCUT2D eigenvalue weighted by Gasteiger charge is 2.21. The first-order valence-corrected chi connectivity index (χ1v) is 6.20. The van der Waals surface area contributed by atoms with Gasteiger partial charge in [0, 0.05) is 4.47 Å². The van der Waals surface area contributed by atoms with Gasteiger partial charge in [-0.05, 0) is 24.6 Å². The number of carbonyl (C=O) groups excluding carboxylic acids is 2. The van der Waals surface area contributed by atoms with E-state index in [-0.39, 0.29) is 5.78 Å². The smallest absolute Gasteiger partial charge is 0.338 e. The summed E-state index contributed by atoms with van der Waals surface area (Å²) < 4.78 is 5.43. The second-order valence-electron chi connectivity index (χ2n) is 3.20. The van der Waals surface area contributed by atoms with Crippen molar-refractivity contribution in [3.8, 4) is 0 Å². The Morgan fingerprint density at radius 2 is 2.00 bits per heavy atom. The first-order valence-electron chi connectivity index (χ1n) is 4.49. The molecule has 0 N–H and O–H groups in total. The lowest BCUT2D eigenvalue weighted by Gasteiger charge is -2.11. The van der Waals surface area contributed by atoms with E-state index < -0.39 is 10.8 Å².